The summed E-state index contributed by atoms with van der Waals surface area (Å²) in [6, 6.07) is 19.0. The molecule has 2 aromatic carbocycles. The summed E-state index contributed by atoms with van der Waals surface area (Å²) < 4.78 is 5.57. The van der Waals surface area contributed by atoms with Crippen LogP contribution in [0.15, 0.2) is 65.8 Å². The van der Waals surface area contributed by atoms with Crippen molar-refractivity contribution in [1.82, 2.24) is 5.32 Å². The highest BCUT2D eigenvalue weighted by Crippen LogP contribution is 2.21. The van der Waals surface area contributed by atoms with Gasteiger partial charge in [-0.3, -0.25) is 0 Å². The molecule has 6 heteroatoms. The molecule has 2 atom stereocenters. The summed E-state index contributed by atoms with van der Waals surface area (Å²) in [4.78, 5) is 15.5. The number of benzene rings is 2. The molecule has 1 amide bonds. The van der Waals surface area contributed by atoms with Gasteiger partial charge >= 0.3 is 6.09 Å². The maximum Gasteiger partial charge on any atom is 0.407 e. The Bertz CT molecular complexity index is 785. The molecule has 0 heterocycles. The van der Waals surface area contributed by atoms with Gasteiger partial charge < -0.3 is 10.1 Å². The molecular weight excluding hydrogens is 352 g/mol. The lowest BCUT2D eigenvalue weighted by Crippen LogP contribution is -2.45. The van der Waals surface area contributed by atoms with Gasteiger partial charge in [0.05, 0.1) is 6.04 Å². The van der Waals surface area contributed by atoms with Crippen molar-refractivity contribution >= 4 is 6.09 Å². The molecule has 146 valence electrons. The van der Waals surface area contributed by atoms with Gasteiger partial charge in [-0.2, -0.15) is 0 Å². The number of alkyl carbamates (subject to hydrolysis) is 1. The second-order valence-electron chi connectivity index (χ2n) is 7.21. The van der Waals surface area contributed by atoms with Gasteiger partial charge in [0.25, 0.3) is 0 Å². The minimum absolute atomic E-state index is 0.00980. The van der Waals surface area contributed by atoms with E-state index in [9.17, 15) is 4.79 Å². The summed E-state index contributed by atoms with van der Waals surface area (Å²) in [6.45, 7) is 0. The second kappa shape index (κ2) is 10.4. The lowest BCUT2D eigenvalue weighted by Gasteiger charge is -2.25. The number of azide groups is 1. The van der Waals surface area contributed by atoms with Crippen molar-refractivity contribution in [3.05, 3.63) is 82.2 Å². The van der Waals surface area contributed by atoms with Crippen LogP contribution in [0.2, 0.25) is 0 Å². The fourth-order valence-corrected chi connectivity index (χ4v) is 3.68. The molecule has 0 aromatic heterocycles. The van der Waals surface area contributed by atoms with E-state index in [-0.39, 0.29) is 12.1 Å². The first kappa shape index (κ1) is 19.8. The zero-order chi connectivity index (χ0) is 19.6. The minimum Gasteiger partial charge on any atom is -0.446 e. The van der Waals surface area contributed by atoms with E-state index in [0.29, 0.717) is 12.8 Å². The van der Waals surface area contributed by atoms with Crippen LogP contribution in [-0.4, -0.2) is 24.3 Å². The van der Waals surface area contributed by atoms with Crippen LogP contribution in [-0.2, 0) is 17.6 Å². The lowest BCUT2D eigenvalue weighted by molar-refractivity contribution is 0.0966. The van der Waals surface area contributed by atoms with Crippen LogP contribution in [0.4, 0.5) is 4.79 Å². The van der Waals surface area contributed by atoms with Crippen molar-refractivity contribution in [2.75, 3.05) is 0 Å². The van der Waals surface area contributed by atoms with E-state index in [2.05, 4.69) is 15.3 Å². The van der Waals surface area contributed by atoms with Crippen molar-refractivity contribution in [3.8, 4) is 0 Å². The smallest absolute Gasteiger partial charge is 0.407 e. The Morgan fingerprint density at radius 1 is 1.04 bits per heavy atom. The van der Waals surface area contributed by atoms with E-state index < -0.39 is 12.1 Å². The van der Waals surface area contributed by atoms with Crippen molar-refractivity contribution in [2.45, 2.75) is 56.7 Å². The normalized spacial score (nSPS) is 16.0. The van der Waals surface area contributed by atoms with Crippen LogP contribution in [0.5, 0.6) is 0 Å². The maximum absolute atomic E-state index is 12.5. The zero-order valence-electron chi connectivity index (χ0n) is 15.9. The van der Waals surface area contributed by atoms with Gasteiger partial charge in [-0.15, -0.1) is 0 Å². The lowest BCUT2D eigenvalue weighted by atomic mass is 9.95. The number of carbonyl (C=O) groups excluding carboxylic acids is 1. The van der Waals surface area contributed by atoms with E-state index in [1.165, 1.54) is 0 Å². The van der Waals surface area contributed by atoms with Gasteiger partial charge in [-0.25, -0.2) is 4.79 Å². The summed E-state index contributed by atoms with van der Waals surface area (Å²) in [7, 11) is 0. The van der Waals surface area contributed by atoms with Gasteiger partial charge in [-0.1, -0.05) is 65.8 Å². The monoisotopic (exact) mass is 378 g/mol. The van der Waals surface area contributed by atoms with Crippen molar-refractivity contribution in [2.24, 2.45) is 5.11 Å². The molecule has 1 aliphatic rings. The Kier molecular flexibility index (Phi) is 7.33. The minimum atomic E-state index is -0.431. The first-order chi connectivity index (χ1) is 13.7. The molecule has 1 saturated carbocycles. The van der Waals surface area contributed by atoms with E-state index in [1.807, 2.05) is 60.7 Å². The van der Waals surface area contributed by atoms with Gasteiger partial charge in [0.2, 0.25) is 0 Å². The Balaban J connectivity index is 1.75. The molecule has 0 aliphatic heterocycles. The third-order valence-corrected chi connectivity index (χ3v) is 5.13. The number of carbonyl (C=O) groups is 1. The summed E-state index contributed by atoms with van der Waals surface area (Å²) in [6.07, 6.45) is 4.70. The number of rotatable bonds is 8. The van der Waals surface area contributed by atoms with Crippen LogP contribution in [0.3, 0.4) is 0 Å². The molecule has 0 radical (unpaired) electrons. The number of nitrogens with zero attached hydrogens (tertiary/aromatic N) is 3. The standard InChI is InChI=1S/C22H26N4O2/c23-26-25-21(16-18-11-5-2-6-12-18)20(15-17-9-3-1-4-10-17)24-22(27)28-19-13-7-8-14-19/h1-6,9-12,19-21H,7-8,13-16H2,(H,24,27)/t20-,21+/m0/s1. The Morgan fingerprint density at radius 2 is 1.61 bits per heavy atom. The summed E-state index contributed by atoms with van der Waals surface area (Å²) in [5.41, 5.74) is 11.2. The average molecular weight is 378 g/mol. The van der Waals surface area contributed by atoms with Crippen molar-refractivity contribution < 1.29 is 9.53 Å². The van der Waals surface area contributed by atoms with Gasteiger partial charge in [0, 0.05) is 11.0 Å². The molecule has 0 unspecified atom stereocenters. The summed E-state index contributed by atoms with van der Waals surface area (Å²) >= 11 is 0. The fourth-order valence-electron chi connectivity index (χ4n) is 3.68. The molecule has 0 saturated heterocycles. The first-order valence-corrected chi connectivity index (χ1v) is 9.84. The third-order valence-electron chi connectivity index (χ3n) is 5.13. The zero-order valence-corrected chi connectivity index (χ0v) is 15.9. The Labute approximate surface area is 165 Å². The highest BCUT2D eigenvalue weighted by atomic mass is 16.6. The summed E-state index contributed by atoms with van der Waals surface area (Å²) in [5.74, 6) is 0. The number of ether oxygens (including phenoxy) is 1. The first-order valence-electron chi connectivity index (χ1n) is 9.84. The van der Waals surface area contributed by atoms with E-state index >= 15 is 0 Å². The maximum atomic E-state index is 12.5. The third kappa shape index (κ3) is 6.03. The quantitative estimate of drug-likeness (QED) is 0.389. The molecule has 0 bridgehead atoms. The average Bonchev–Trinajstić information content (AvgIpc) is 3.22. The number of amides is 1. The molecule has 1 aliphatic carbocycles. The molecule has 1 N–H and O–H groups in total. The van der Waals surface area contributed by atoms with E-state index in [1.54, 1.807) is 0 Å². The van der Waals surface area contributed by atoms with Crippen LogP contribution in [0.1, 0.15) is 36.8 Å². The van der Waals surface area contributed by atoms with E-state index in [4.69, 9.17) is 10.3 Å². The second-order valence-corrected chi connectivity index (χ2v) is 7.21. The van der Waals surface area contributed by atoms with Gasteiger partial charge in [0.15, 0.2) is 0 Å². The SMILES string of the molecule is [N-]=[N+]=N[C@H](Cc1ccccc1)[C@H](Cc1ccccc1)NC(=O)OC1CCCC1. The Morgan fingerprint density at radius 3 is 2.18 bits per heavy atom. The van der Waals surface area contributed by atoms with Crippen molar-refractivity contribution in [1.29, 1.82) is 0 Å². The van der Waals surface area contributed by atoms with Crippen molar-refractivity contribution in [3.63, 3.8) is 0 Å². The van der Waals surface area contributed by atoms with Crippen LogP contribution in [0.25, 0.3) is 10.4 Å². The van der Waals surface area contributed by atoms with Crippen LogP contribution < -0.4 is 5.32 Å². The molecule has 3 rings (SSSR count). The van der Waals surface area contributed by atoms with Crippen LogP contribution >= 0.6 is 0 Å². The molecule has 2 aromatic rings. The highest BCUT2D eigenvalue weighted by molar-refractivity contribution is 5.68. The molecule has 6 nitrogen and oxygen atoms in total. The summed E-state index contributed by atoms with van der Waals surface area (Å²) in [5, 5.41) is 6.98. The van der Waals surface area contributed by atoms with E-state index in [0.717, 1.165) is 36.8 Å². The fraction of sp³-hybridized carbons (Fsp3) is 0.409. The molecule has 0 spiro atoms. The predicted octanol–water partition coefficient (Wildman–Crippen LogP) is 5.19. The highest BCUT2D eigenvalue weighted by Gasteiger charge is 2.26. The number of nitrogens with one attached hydrogen (secondary N) is 1. The Hall–Kier alpha value is -2.98. The topological polar surface area (TPSA) is 87.1 Å². The number of hydrogen-bond donors (Lipinski definition) is 1. The van der Waals surface area contributed by atoms with Gasteiger partial charge in [-0.05, 0) is 55.2 Å². The van der Waals surface area contributed by atoms with Crippen LogP contribution in [0, 0.1) is 0 Å². The van der Waals surface area contributed by atoms with Gasteiger partial charge in [0.1, 0.15) is 6.10 Å². The largest absolute Gasteiger partial charge is 0.446 e. The molecular formula is C22H26N4O2. The number of hydrogen-bond acceptors (Lipinski definition) is 3. The molecule has 28 heavy (non-hydrogen) atoms. The predicted molar refractivity (Wildman–Crippen MR) is 109 cm³/mol. The molecule has 1 fully saturated rings.